The number of halogens is 1. The maximum absolute atomic E-state index is 13.1. The van der Waals surface area contributed by atoms with Gasteiger partial charge in [0.15, 0.2) is 0 Å². The largest absolute Gasteiger partial charge is 0.369 e. The molecule has 2 aliphatic rings. The summed E-state index contributed by atoms with van der Waals surface area (Å²) in [5, 5.41) is 3.37. The molecule has 154 valence electrons. The van der Waals surface area contributed by atoms with Crippen LogP contribution in [0.2, 0.25) is 0 Å². The topological polar surface area (TPSA) is 81.9 Å². The molecule has 0 aliphatic carbocycles. The van der Waals surface area contributed by atoms with Crippen LogP contribution in [0.15, 0.2) is 48.5 Å². The molecule has 3 N–H and O–H groups in total. The van der Waals surface area contributed by atoms with E-state index in [4.69, 9.17) is 5.73 Å². The Morgan fingerprint density at radius 3 is 2.38 bits per heavy atom. The van der Waals surface area contributed by atoms with E-state index in [9.17, 15) is 9.59 Å². The van der Waals surface area contributed by atoms with Gasteiger partial charge in [-0.2, -0.15) is 0 Å². The molecular weight excluding hydrogens is 390 g/mol. The highest BCUT2D eigenvalue weighted by molar-refractivity contribution is 5.98. The number of amides is 3. The fraction of sp³-hybridized carbons (Fsp3) is 0.333. The Hall–Kier alpha value is -2.77. The van der Waals surface area contributed by atoms with Gasteiger partial charge in [0.05, 0.1) is 18.8 Å². The molecule has 0 unspecified atom stereocenters. The van der Waals surface area contributed by atoms with Crippen molar-refractivity contribution in [2.24, 2.45) is 5.73 Å². The fourth-order valence-electron chi connectivity index (χ4n) is 3.94. The van der Waals surface area contributed by atoms with E-state index in [0.29, 0.717) is 13.1 Å². The van der Waals surface area contributed by atoms with Crippen molar-refractivity contribution < 1.29 is 9.59 Å². The number of urea groups is 1. The standard InChI is InChI=1S/C21H25N5O2.ClH/c22-20(27)15-25-14-17-18(24-11-9-23-10-12-24)7-4-8-19(17)26(21(25)28)13-16-5-2-1-3-6-16;/h1-8,23H,9-15H2,(H2,22,27);1H. The SMILES string of the molecule is Cl.NC(=O)CN1Cc2c(N3CCNCC3)cccc2N(Cc2ccccc2)C1=O. The van der Waals surface area contributed by atoms with Crippen LogP contribution in [0, 0.1) is 0 Å². The minimum atomic E-state index is -0.504. The molecule has 0 radical (unpaired) electrons. The van der Waals surface area contributed by atoms with Crippen molar-refractivity contribution in [1.82, 2.24) is 10.2 Å². The number of nitrogens with two attached hydrogens (primary N) is 1. The van der Waals surface area contributed by atoms with Crippen LogP contribution >= 0.6 is 12.4 Å². The van der Waals surface area contributed by atoms with Gasteiger partial charge in [0.2, 0.25) is 5.91 Å². The third kappa shape index (κ3) is 4.46. The lowest BCUT2D eigenvalue weighted by atomic mass is 10.0. The van der Waals surface area contributed by atoms with Gasteiger partial charge < -0.3 is 20.9 Å². The highest BCUT2D eigenvalue weighted by atomic mass is 35.5. The Bertz CT molecular complexity index is 871. The van der Waals surface area contributed by atoms with Gasteiger partial charge in [0, 0.05) is 37.4 Å². The molecule has 0 spiro atoms. The molecule has 1 saturated heterocycles. The van der Waals surface area contributed by atoms with Crippen molar-refractivity contribution in [3.05, 3.63) is 59.7 Å². The molecule has 8 heteroatoms. The lowest BCUT2D eigenvalue weighted by molar-refractivity contribution is -0.118. The average molecular weight is 416 g/mol. The van der Waals surface area contributed by atoms with Gasteiger partial charge in [0.25, 0.3) is 0 Å². The van der Waals surface area contributed by atoms with Crippen LogP contribution < -0.4 is 20.9 Å². The van der Waals surface area contributed by atoms with Crippen molar-refractivity contribution in [2.45, 2.75) is 13.1 Å². The maximum atomic E-state index is 13.1. The van der Waals surface area contributed by atoms with E-state index in [1.165, 1.54) is 0 Å². The number of hydrogen-bond acceptors (Lipinski definition) is 4. The third-order valence-electron chi connectivity index (χ3n) is 5.26. The summed E-state index contributed by atoms with van der Waals surface area (Å²) in [5.41, 5.74) is 9.55. The predicted octanol–water partition coefficient (Wildman–Crippen LogP) is 1.95. The van der Waals surface area contributed by atoms with Gasteiger partial charge in [0.1, 0.15) is 6.54 Å². The Morgan fingerprint density at radius 1 is 1.00 bits per heavy atom. The van der Waals surface area contributed by atoms with Crippen LogP contribution in [0.3, 0.4) is 0 Å². The second kappa shape index (κ2) is 9.15. The molecule has 2 heterocycles. The number of rotatable bonds is 5. The summed E-state index contributed by atoms with van der Waals surface area (Å²) in [7, 11) is 0. The summed E-state index contributed by atoms with van der Waals surface area (Å²) in [5.74, 6) is -0.504. The molecule has 2 aliphatic heterocycles. The van der Waals surface area contributed by atoms with Crippen LogP contribution in [0.5, 0.6) is 0 Å². The first-order chi connectivity index (χ1) is 13.6. The van der Waals surface area contributed by atoms with Gasteiger partial charge in [-0.25, -0.2) is 4.79 Å². The van der Waals surface area contributed by atoms with Crippen LogP contribution in [0.4, 0.5) is 16.2 Å². The average Bonchev–Trinajstić information content (AvgIpc) is 2.72. The Kier molecular flexibility index (Phi) is 6.61. The second-order valence-electron chi connectivity index (χ2n) is 7.19. The van der Waals surface area contributed by atoms with E-state index >= 15 is 0 Å². The molecule has 7 nitrogen and oxygen atoms in total. The van der Waals surface area contributed by atoms with Gasteiger partial charge in [-0.3, -0.25) is 9.69 Å². The number of anilines is 2. The van der Waals surface area contributed by atoms with Crippen molar-refractivity contribution in [3.8, 4) is 0 Å². The summed E-state index contributed by atoms with van der Waals surface area (Å²) >= 11 is 0. The van der Waals surface area contributed by atoms with Gasteiger partial charge in [-0.15, -0.1) is 12.4 Å². The van der Waals surface area contributed by atoms with Crippen molar-refractivity contribution in [1.29, 1.82) is 0 Å². The summed E-state index contributed by atoms with van der Waals surface area (Å²) in [6, 6.07) is 15.8. The molecule has 4 rings (SSSR count). The van der Waals surface area contributed by atoms with Crippen molar-refractivity contribution in [2.75, 3.05) is 42.5 Å². The van der Waals surface area contributed by atoms with Crippen LogP contribution in [-0.2, 0) is 17.9 Å². The Labute approximate surface area is 176 Å². The zero-order valence-electron chi connectivity index (χ0n) is 16.2. The molecule has 0 aromatic heterocycles. The maximum Gasteiger partial charge on any atom is 0.325 e. The molecular formula is C21H26ClN5O2. The smallest absolute Gasteiger partial charge is 0.325 e. The van der Waals surface area contributed by atoms with E-state index in [1.54, 1.807) is 9.80 Å². The second-order valence-corrected chi connectivity index (χ2v) is 7.19. The molecule has 0 saturated carbocycles. The highest BCUT2D eigenvalue weighted by Gasteiger charge is 2.33. The molecule has 0 atom stereocenters. The van der Waals surface area contributed by atoms with Crippen molar-refractivity contribution >= 4 is 35.7 Å². The molecule has 2 aromatic carbocycles. The normalized spacial score (nSPS) is 16.3. The number of primary amides is 1. The van der Waals surface area contributed by atoms with Gasteiger partial charge in [-0.1, -0.05) is 36.4 Å². The zero-order chi connectivity index (χ0) is 19.5. The number of hydrogen-bond donors (Lipinski definition) is 2. The molecule has 1 fully saturated rings. The van der Waals surface area contributed by atoms with E-state index in [0.717, 1.165) is 48.7 Å². The Balaban J connectivity index is 0.00000240. The number of fused-ring (bicyclic) bond motifs is 1. The third-order valence-corrected chi connectivity index (χ3v) is 5.26. The summed E-state index contributed by atoms with van der Waals surface area (Å²) < 4.78 is 0. The van der Waals surface area contributed by atoms with Gasteiger partial charge in [-0.05, 0) is 17.7 Å². The lowest BCUT2D eigenvalue weighted by Crippen LogP contribution is -2.50. The highest BCUT2D eigenvalue weighted by Crippen LogP contribution is 2.36. The van der Waals surface area contributed by atoms with Gasteiger partial charge >= 0.3 is 6.03 Å². The summed E-state index contributed by atoms with van der Waals surface area (Å²) in [6.07, 6.45) is 0. The number of piperazine rings is 1. The summed E-state index contributed by atoms with van der Waals surface area (Å²) in [6.45, 7) is 4.45. The van der Waals surface area contributed by atoms with Crippen LogP contribution in [0.1, 0.15) is 11.1 Å². The molecule has 29 heavy (non-hydrogen) atoms. The minimum absolute atomic E-state index is 0. The Morgan fingerprint density at radius 2 is 1.69 bits per heavy atom. The predicted molar refractivity (Wildman–Crippen MR) is 116 cm³/mol. The first kappa shape index (κ1) is 21.0. The number of nitrogens with zero attached hydrogens (tertiary/aromatic N) is 3. The lowest BCUT2D eigenvalue weighted by Gasteiger charge is -2.40. The van der Waals surface area contributed by atoms with E-state index in [2.05, 4.69) is 16.3 Å². The number of carbonyl (C=O) groups is 2. The quantitative estimate of drug-likeness (QED) is 0.782. The molecule has 2 aromatic rings. The van der Waals surface area contributed by atoms with E-state index in [-0.39, 0.29) is 25.0 Å². The van der Waals surface area contributed by atoms with Crippen LogP contribution in [0.25, 0.3) is 0 Å². The van der Waals surface area contributed by atoms with Crippen molar-refractivity contribution in [3.63, 3.8) is 0 Å². The first-order valence-electron chi connectivity index (χ1n) is 9.59. The minimum Gasteiger partial charge on any atom is -0.369 e. The first-order valence-corrected chi connectivity index (χ1v) is 9.59. The van der Waals surface area contributed by atoms with Crippen LogP contribution in [-0.4, -0.2) is 49.6 Å². The molecule has 3 amide bonds. The number of carbonyl (C=O) groups excluding carboxylic acids is 2. The van der Waals surface area contributed by atoms with E-state index < -0.39 is 5.91 Å². The fourth-order valence-corrected chi connectivity index (χ4v) is 3.94. The number of benzene rings is 2. The monoisotopic (exact) mass is 415 g/mol. The zero-order valence-corrected chi connectivity index (χ0v) is 17.0. The van der Waals surface area contributed by atoms with E-state index in [1.807, 2.05) is 42.5 Å². The molecule has 0 bridgehead atoms. The summed E-state index contributed by atoms with van der Waals surface area (Å²) in [4.78, 5) is 30.3. The number of nitrogens with one attached hydrogen (secondary N) is 1.